The van der Waals surface area contributed by atoms with Crippen molar-refractivity contribution in [2.45, 2.75) is 12.5 Å². The van der Waals surface area contributed by atoms with Crippen molar-refractivity contribution in [2.24, 2.45) is 0 Å². The Hall–Kier alpha value is -1.10. The molecule has 5 N–H and O–H groups in total. The van der Waals surface area contributed by atoms with E-state index in [9.17, 15) is 4.79 Å². The standard InChI is InChI=1S/C9H10NO3.Ni.H2O/c10-8(9(12)13)5-6-1-3-7(11)4-2-6;;/h1-4,8,10-11H,5H2,(H,12,13);;1H2/q-1;;. The molecule has 0 aliphatic heterocycles. The van der Waals surface area contributed by atoms with Crippen LogP contribution in [-0.2, 0) is 27.7 Å². The maximum atomic E-state index is 10.3. The number of carboxylic acid groups (broad SMARTS) is 1. The molecule has 0 fully saturated rings. The van der Waals surface area contributed by atoms with Crippen LogP contribution in [0.25, 0.3) is 5.73 Å². The van der Waals surface area contributed by atoms with Crippen LogP contribution in [-0.4, -0.2) is 27.7 Å². The number of carbonyl (C=O) groups is 1. The molecular weight excluding hydrogens is 245 g/mol. The van der Waals surface area contributed by atoms with E-state index in [1.807, 2.05) is 0 Å². The summed E-state index contributed by atoms with van der Waals surface area (Å²) in [5.41, 5.74) is 7.89. The fraction of sp³-hybridized carbons (Fsp3) is 0.222. The smallest absolute Gasteiger partial charge is 0.285 e. The second-order valence-electron chi connectivity index (χ2n) is 2.76. The minimum absolute atomic E-state index is 0. The van der Waals surface area contributed by atoms with Gasteiger partial charge in [0.2, 0.25) is 0 Å². The number of hydrogen-bond acceptors (Lipinski definition) is 2. The van der Waals surface area contributed by atoms with Crippen LogP contribution >= 0.6 is 0 Å². The molecule has 0 saturated carbocycles. The van der Waals surface area contributed by atoms with Crippen LogP contribution < -0.4 is 0 Å². The summed E-state index contributed by atoms with van der Waals surface area (Å²) in [4.78, 5) is 10.3. The zero-order valence-corrected chi connectivity index (χ0v) is 8.70. The Morgan fingerprint density at radius 3 is 2.20 bits per heavy atom. The number of aliphatic carboxylic acids is 1. The van der Waals surface area contributed by atoms with Crippen molar-refractivity contribution in [3.05, 3.63) is 35.6 Å². The second-order valence-corrected chi connectivity index (χ2v) is 2.76. The molecule has 0 radical (unpaired) electrons. The number of benzene rings is 1. The van der Waals surface area contributed by atoms with Crippen LogP contribution in [0.5, 0.6) is 5.75 Å². The van der Waals surface area contributed by atoms with Gasteiger partial charge >= 0.3 is 0 Å². The summed E-state index contributed by atoms with van der Waals surface area (Å²) in [6.07, 6.45) is 0.162. The molecule has 0 aliphatic carbocycles. The van der Waals surface area contributed by atoms with E-state index in [1.54, 1.807) is 12.1 Å². The summed E-state index contributed by atoms with van der Waals surface area (Å²) in [5.74, 6) is -0.992. The minimum atomic E-state index is -1.13. The third-order valence-electron chi connectivity index (χ3n) is 1.67. The molecule has 0 bridgehead atoms. The second kappa shape index (κ2) is 7.23. The first-order chi connectivity index (χ1) is 6.09. The minimum Gasteiger partial charge on any atom is -0.665 e. The van der Waals surface area contributed by atoms with Crippen LogP contribution in [0.15, 0.2) is 24.3 Å². The first-order valence-corrected chi connectivity index (χ1v) is 3.81. The number of nitrogens with one attached hydrogen (secondary N) is 1. The maximum absolute atomic E-state index is 10.3. The van der Waals surface area contributed by atoms with E-state index in [-0.39, 0.29) is 34.1 Å². The monoisotopic (exact) mass is 256 g/mol. The van der Waals surface area contributed by atoms with Crippen molar-refractivity contribution >= 4 is 5.97 Å². The molecule has 88 valence electrons. The van der Waals surface area contributed by atoms with Gasteiger partial charge in [0.25, 0.3) is 5.97 Å². The van der Waals surface area contributed by atoms with Gasteiger partial charge in [0.1, 0.15) is 5.75 Å². The van der Waals surface area contributed by atoms with Gasteiger partial charge in [0.05, 0.1) is 0 Å². The quantitative estimate of drug-likeness (QED) is 0.773. The van der Waals surface area contributed by atoms with Gasteiger partial charge in [-0.1, -0.05) is 12.1 Å². The van der Waals surface area contributed by atoms with E-state index >= 15 is 0 Å². The van der Waals surface area contributed by atoms with Crippen molar-refractivity contribution in [1.82, 2.24) is 0 Å². The van der Waals surface area contributed by atoms with Crippen LogP contribution in [0.1, 0.15) is 5.56 Å². The van der Waals surface area contributed by atoms with Gasteiger partial charge in [-0.2, -0.15) is 0 Å². The number of aromatic hydroxyl groups is 1. The Labute approximate surface area is 97.1 Å². The normalized spacial score (nSPS) is 10.7. The van der Waals surface area contributed by atoms with Gasteiger partial charge in [-0.15, -0.1) is 0 Å². The van der Waals surface area contributed by atoms with Gasteiger partial charge in [0.15, 0.2) is 0 Å². The van der Waals surface area contributed by atoms with Gasteiger partial charge < -0.3 is 21.4 Å². The fourth-order valence-corrected chi connectivity index (χ4v) is 0.955. The first-order valence-electron chi connectivity index (χ1n) is 3.81. The molecule has 0 heterocycles. The topological polar surface area (TPSA) is 113 Å². The predicted molar refractivity (Wildman–Crippen MR) is 51.2 cm³/mol. The van der Waals surface area contributed by atoms with E-state index in [1.165, 1.54) is 12.1 Å². The summed E-state index contributed by atoms with van der Waals surface area (Å²) < 4.78 is 0. The van der Waals surface area contributed by atoms with Crippen molar-refractivity contribution in [3.8, 4) is 5.75 Å². The Balaban J connectivity index is 0. The van der Waals surface area contributed by atoms with E-state index in [2.05, 4.69) is 0 Å². The molecule has 6 heteroatoms. The molecule has 5 nitrogen and oxygen atoms in total. The van der Waals surface area contributed by atoms with E-state index < -0.39 is 12.0 Å². The van der Waals surface area contributed by atoms with Crippen LogP contribution in [0.3, 0.4) is 0 Å². The summed E-state index contributed by atoms with van der Waals surface area (Å²) >= 11 is 0. The largest absolute Gasteiger partial charge is 0.665 e. The molecule has 1 unspecified atom stereocenters. The summed E-state index contributed by atoms with van der Waals surface area (Å²) in [6.45, 7) is 0. The zero-order chi connectivity index (χ0) is 9.84. The molecule has 15 heavy (non-hydrogen) atoms. The van der Waals surface area contributed by atoms with Gasteiger partial charge in [-0.3, -0.25) is 4.79 Å². The third-order valence-corrected chi connectivity index (χ3v) is 1.67. The molecule has 1 aromatic carbocycles. The number of rotatable bonds is 3. The number of hydrogen-bond donors (Lipinski definition) is 2. The Bertz CT molecular complexity index is 301. The first kappa shape index (κ1) is 16.3. The number of phenolic OH excluding ortho intramolecular Hbond substituents is 1. The van der Waals surface area contributed by atoms with Crippen molar-refractivity contribution in [1.29, 1.82) is 0 Å². The molecule has 1 aromatic rings. The van der Waals surface area contributed by atoms with Crippen molar-refractivity contribution < 1.29 is 37.0 Å². The van der Waals surface area contributed by atoms with Crippen molar-refractivity contribution in [2.75, 3.05) is 0 Å². The van der Waals surface area contributed by atoms with Crippen molar-refractivity contribution in [3.63, 3.8) is 0 Å². The Morgan fingerprint density at radius 2 is 1.80 bits per heavy atom. The Kier molecular flexibility index (Phi) is 7.87. The molecule has 0 aliphatic rings. The van der Waals surface area contributed by atoms with E-state index in [0.717, 1.165) is 5.56 Å². The van der Waals surface area contributed by atoms with E-state index in [0.29, 0.717) is 0 Å². The van der Waals surface area contributed by atoms with Crippen LogP contribution in [0, 0.1) is 0 Å². The molecule has 0 spiro atoms. The van der Waals surface area contributed by atoms with Gasteiger partial charge in [-0.05, 0) is 30.2 Å². The molecular formula is C9H12NNiO4-. The molecule has 0 amide bonds. The molecule has 1 rings (SSSR count). The van der Waals surface area contributed by atoms with Gasteiger partial charge in [0, 0.05) is 16.5 Å². The fourth-order valence-electron chi connectivity index (χ4n) is 0.955. The molecule has 1 atom stereocenters. The predicted octanol–water partition coefficient (Wildman–Crippen LogP) is 0.613. The molecule has 0 aromatic heterocycles. The average Bonchev–Trinajstić information content (AvgIpc) is 2.08. The summed E-state index contributed by atoms with van der Waals surface area (Å²) in [6, 6.07) is 5.04. The van der Waals surface area contributed by atoms with E-state index in [4.69, 9.17) is 15.9 Å². The zero-order valence-electron chi connectivity index (χ0n) is 7.71. The Morgan fingerprint density at radius 1 is 1.33 bits per heavy atom. The SMILES string of the molecule is O.[NH-]C(Cc1ccc(O)cc1)C(=O)O.[Ni]. The van der Waals surface area contributed by atoms with Crippen LogP contribution in [0.4, 0.5) is 0 Å². The molecule has 0 saturated heterocycles. The average molecular weight is 257 g/mol. The van der Waals surface area contributed by atoms with Crippen LogP contribution in [0.2, 0.25) is 0 Å². The van der Waals surface area contributed by atoms with Gasteiger partial charge in [-0.25, -0.2) is 0 Å². The number of phenols is 1. The third kappa shape index (κ3) is 5.37. The summed E-state index contributed by atoms with van der Waals surface area (Å²) in [5, 5.41) is 17.4. The maximum Gasteiger partial charge on any atom is 0.285 e. The summed E-state index contributed by atoms with van der Waals surface area (Å²) in [7, 11) is 0. The number of carboxylic acids is 1.